The van der Waals surface area contributed by atoms with E-state index in [-0.39, 0.29) is 11.7 Å². The van der Waals surface area contributed by atoms with Crippen molar-refractivity contribution in [2.24, 2.45) is 0 Å². The van der Waals surface area contributed by atoms with E-state index in [9.17, 15) is 10.1 Å². The van der Waals surface area contributed by atoms with Crippen molar-refractivity contribution in [2.45, 2.75) is 13.0 Å². The fraction of sp³-hybridized carbons (Fsp3) is 0.188. The predicted octanol–water partition coefficient (Wildman–Crippen LogP) is 2.77. The largest absolute Gasteiger partial charge is 0.353 e. The molecule has 1 atom stereocenters. The van der Waals surface area contributed by atoms with Crippen molar-refractivity contribution in [1.82, 2.24) is 19.7 Å². The summed E-state index contributed by atoms with van der Waals surface area (Å²) in [7, 11) is 1.91. The van der Waals surface area contributed by atoms with Crippen LogP contribution in [-0.2, 0) is 0 Å². The highest BCUT2D eigenvalue weighted by Crippen LogP contribution is 2.25. The SMILES string of the molecule is C[C@@H](c1ccc(-n2cncn2)cc1)N(C)c1ccc([N+](=O)[O-])cn1. The Morgan fingerprint density at radius 2 is 1.96 bits per heavy atom. The molecule has 0 saturated heterocycles. The highest BCUT2D eigenvalue weighted by Gasteiger charge is 2.15. The van der Waals surface area contributed by atoms with Crippen LogP contribution in [0.25, 0.3) is 5.69 Å². The molecule has 0 aliphatic carbocycles. The van der Waals surface area contributed by atoms with E-state index in [2.05, 4.69) is 15.1 Å². The summed E-state index contributed by atoms with van der Waals surface area (Å²) in [4.78, 5) is 20.3. The van der Waals surface area contributed by atoms with Gasteiger partial charge in [-0.15, -0.1) is 0 Å². The van der Waals surface area contributed by atoms with E-state index in [1.807, 2.05) is 43.1 Å². The Bertz CT molecular complexity index is 815. The maximum Gasteiger partial charge on any atom is 0.287 e. The highest BCUT2D eigenvalue weighted by atomic mass is 16.6. The third kappa shape index (κ3) is 3.07. The van der Waals surface area contributed by atoms with Crippen LogP contribution in [-0.4, -0.2) is 31.7 Å². The first-order valence-corrected chi connectivity index (χ1v) is 7.34. The smallest absolute Gasteiger partial charge is 0.287 e. The minimum Gasteiger partial charge on any atom is -0.353 e. The molecule has 0 fully saturated rings. The molecule has 0 N–H and O–H groups in total. The summed E-state index contributed by atoms with van der Waals surface area (Å²) in [5.74, 6) is 0.674. The zero-order chi connectivity index (χ0) is 17.1. The van der Waals surface area contributed by atoms with E-state index in [1.54, 1.807) is 17.1 Å². The monoisotopic (exact) mass is 324 g/mol. The van der Waals surface area contributed by atoms with Gasteiger partial charge in [0.2, 0.25) is 0 Å². The zero-order valence-corrected chi connectivity index (χ0v) is 13.3. The number of nitro groups is 1. The zero-order valence-electron chi connectivity index (χ0n) is 13.3. The molecule has 2 aromatic heterocycles. The van der Waals surface area contributed by atoms with Crippen molar-refractivity contribution in [3.8, 4) is 5.69 Å². The van der Waals surface area contributed by atoms with Crippen LogP contribution < -0.4 is 4.90 Å². The molecule has 8 nitrogen and oxygen atoms in total. The minimum atomic E-state index is -0.455. The van der Waals surface area contributed by atoms with Crippen molar-refractivity contribution < 1.29 is 4.92 Å². The molecule has 1 aromatic carbocycles. The molecule has 0 aliphatic heterocycles. The van der Waals surface area contributed by atoms with Gasteiger partial charge in [-0.1, -0.05) is 12.1 Å². The van der Waals surface area contributed by atoms with Gasteiger partial charge in [0.25, 0.3) is 5.69 Å². The van der Waals surface area contributed by atoms with Crippen LogP contribution in [0.15, 0.2) is 55.2 Å². The van der Waals surface area contributed by atoms with Crippen molar-refractivity contribution in [2.75, 3.05) is 11.9 Å². The van der Waals surface area contributed by atoms with E-state index in [0.29, 0.717) is 5.82 Å². The number of hydrogen-bond donors (Lipinski definition) is 0. The Labute approximate surface area is 138 Å². The number of anilines is 1. The van der Waals surface area contributed by atoms with Gasteiger partial charge < -0.3 is 4.90 Å². The fourth-order valence-electron chi connectivity index (χ4n) is 2.36. The van der Waals surface area contributed by atoms with Crippen molar-refractivity contribution >= 4 is 11.5 Å². The molecule has 0 radical (unpaired) electrons. The molecule has 0 amide bonds. The molecule has 0 spiro atoms. The van der Waals surface area contributed by atoms with E-state index in [0.717, 1.165) is 11.3 Å². The van der Waals surface area contributed by atoms with Crippen molar-refractivity contribution in [3.05, 3.63) is 70.9 Å². The van der Waals surface area contributed by atoms with E-state index >= 15 is 0 Å². The number of pyridine rings is 1. The first kappa shape index (κ1) is 15.6. The Balaban J connectivity index is 1.77. The topological polar surface area (TPSA) is 90.0 Å². The van der Waals surface area contributed by atoms with Crippen LogP contribution in [0.4, 0.5) is 11.5 Å². The number of rotatable bonds is 5. The van der Waals surface area contributed by atoms with Crippen molar-refractivity contribution in [3.63, 3.8) is 0 Å². The summed E-state index contributed by atoms with van der Waals surface area (Å²) in [6.45, 7) is 2.05. The van der Waals surface area contributed by atoms with Gasteiger partial charge >= 0.3 is 0 Å². The first-order valence-electron chi connectivity index (χ1n) is 7.34. The molecular weight excluding hydrogens is 308 g/mol. The summed E-state index contributed by atoms with van der Waals surface area (Å²) in [5, 5.41) is 14.8. The fourth-order valence-corrected chi connectivity index (χ4v) is 2.36. The lowest BCUT2D eigenvalue weighted by Crippen LogP contribution is -2.22. The number of benzene rings is 1. The molecule has 24 heavy (non-hydrogen) atoms. The average Bonchev–Trinajstić information content (AvgIpc) is 3.15. The van der Waals surface area contributed by atoms with Gasteiger partial charge in [-0.05, 0) is 30.7 Å². The number of aromatic nitrogens is 4. The van der Waals surface area contributed by atoms with E-state index in [1.165, 1.54) is 18.6 Å². The second kappa shape index (κ2) is 6.45. The summed E-state index contributed by atoms with van der Waals surface area (Å²) in [6.07, 6.45) is 4.41. The predicted molar refractivity (Wildman–Crippen MR) is 89.1 cm³/mol. The molecule has 0 bridgehead atoms. The molecule has 3 aromatic rings. The third-order valence-electron chi connectivity index (χ3n) is 3.94. The van der Waals surface area contributed by atoms with Gasteiger partial charge in [0.05, 0.1) is 16.7 Å². The van der Waals surface area contributed by atoms with Crippen molar-refractivity contribution in [1.29, 1.82) is 0 Å². The Morgan fingerprint density at radius 1 is 1.21 bits per heavy atom. The average molecular weight is 324 g/mol. The Morgan fingerprint density at radius 3 is 2.50 bits per heavy atom. The van der Waals surface area contributed by atoms with Gasteiger partial charge in [-0.2, -0.15) is 5.10 Å². The van der Waals surface area contributed by atoms with E-state index < -0.39 is 4.92 Å². The summed E-state index contributed by atoms with van der Waals surface area (Å²) in [5.41, 5.74) is 2.01. The lowest BCUT2D eigenvalue weighted by atomic mass is 10.1. The van der Waals surface area contributed by atoms with Gasteiger partial charge in [0.15, 0.2) is 0 Å². The molecule has 122 valence electrons. The maximum absolute atomic E-state index is 10.7. The van der Waals surface area contributed by atoms with Crippen LogP contribution in [0.1, 0.15) is 18.5 Å². The normalized spacial score (nSPS) is 11.9. The third-order valence-corrected chi connectivity index (χ3v) is 3.94. The van der Waals surface area contributed by atoms with Crippen LogP contribution in [0.2, 0.25) is 0 Å². The molecule has 3 rings (SSSR count). The molecule has 0 aliphatic rings. The number of nitrogens with zero attached hydrogens (tertiary/aromatic N) is 6. The summed E-state index contributed by atoms with van der Waals surface area (Å²) < 4.78 is 1.69. The highest BCUT2D eigenvalue weighted by molar-refractivity contribution is 5.45. The van der Waals surface area contributed by atoms with Crippen LogP contribution in [0, 0.1) is 10.1 Å². The van der Waals surface area contributed by atoms with Crippen LogP contribution >= 0.6 is 0 Å². The Kier molecular flexibility index (Phi) is 4.19. The van der Waals surface area contributed by atoms with Crippen LogP contribution in [0.5, 0.6) is 0 Å². The van der Waals surface area contributed by atoms with Crippen LogP contribution in [0.3, 0.4) is 0 Å². The minimum absolute atomic E-state index is 0.0167. The lowest BCUT2D eigenvalue weighted by Gasteiger charge is -2.26. The molecule has 2 heterocycles. The molecule has 0 unspecified atom stereocenters. The first-order chi connectivity index (χ1) is 11.6. The van der Waals surface area contributed by atoms with E-state index in [4.69, 9.17) is 0 Å². The number of hydrogen-bond acceptors (Lipinski definition) is 6. The van der Waals surface area contributed by atoms with Gasteiger partial charge in [-0.3, -0.25) is 10.1 Å². The second-order valence-corrected chi connectivity index (χ2v) is 5.35. The summed E-state index contributed by atoms with van der Waals surface area (Å²) >= 11 is 0. The van der Waals surface area contributed by atoms with Gasteiger partial charge in [-0.25, -0.2) is 14.6 Å². The molecule has 0 saturated carbocycles. The quantitative estimate of drug-likeness (QED) is 0.529. The lowest BCUT2D eigenvalue weighted by molar-refractivity contribution is -0.385. The van der Waals surface area contributed by atoms with Gasteiger partial charge in [0.1, 0.15) is 24.7 Å². The molecule has 8 heteroatoms. The summed E-state index contributed by atoms with van der Waals surface area (Å²) in [6, 6.07) is 11.1. The van der Waals surface area contributed by atoms with Gasteiger partial charge in [0, 0.05) is 13.1 Å². The standard InChI is InChI=1S/C16H16N6O2/c1-12(20(2)16-8-7-15(9-18-16)22(23)24)13-3-5-14(6-4-13)21-11-17-10-19-21/h3-12H,1-2H3/t12-/m0/s1. The second-order valence-electron chi connectivity index (χ2n) is 5.35. The molecular formula is C16H16N6O2. The maximum atomic E-state index is 10.7. The Hall–Kier alpha value is -3.29.